The first-order valence-electron chi connectivity index (χ1n) is 9.36. The van der Waals surface area contributed by atoms with Crippen molar-refractivity contribution in [3.05, 3.63) is 58.7 Å². The quantitative estimate of drug-likeness (QED) is 0.407. The first-order chi connectivity index (χ1) is 13.7. The van der Waals surface area contributed by atoms with E-state index in [1.807, 2.05) is 11.5 Å². The highest BCUT2D eigenvalue weighted by Crippen LogP contribution is 2.20. The number of aromatic nitrogens is 1. The van der Waals surface area contributed by atoms with Gasteiger partial charge in [0, 0.05) is 30.0 Å². The van der Waals surface area contributed by atoms with Crippen LogP contribution in [0.4, 0.5) is 9.18 Å². The van der Waals surface area contributed by atoms with Crippen molar-refractivity contribution in [1.82, 2.24) is 14.4 Å². The number of hydrogen-bond donors (Lipinski definition) is 0. The molecule has 4 amide bonds. The fourth-order valence-electron chi connectivity index (χ4n) is 3.44. The van der Waals surface area contributed by atoms with E-state index in [0.717, 1.165) is 16.2 Å². The molecular formula is C21H22FN3O4. The van der Waals surface area contributed by atoms with Crippen molar-refractivity contribution in [3.8, 4) is 0 Å². The molecule has 1 aliphatic rings. The number of nitrogens with zero attached hydrogens (tertiary/aromatic N) is 3. The van der Waals surface area contributed by atoms with E-state index in [1.165, 1.54) is 12.1 Å². The third-order valence-electron chi connectivity index (χ3n) is 5.01. The van der Waals surface area contributed by atoms with Gasteiger partial charge in [0.05, 0.1) is 6.54 Å². The topological polar surface area (TPSA) is 79.7 Å². The monoisotopic (exact) mass is 399 g/mol. The van der Waals surface area contributed by atoms with Crippen LogP contribution in [0.25, 0.3) is 0 Å². The van der Waals surface area contributed by atoms with E-state index in [1.54, 1.807) is 32.0 Å². The molecule has 1 aromatic carbocycles. The van der Waals surface area contributed by atoms with Gasteiger partial charge in [-0.1, -0.05) is 19.1 Å². The molecule has 0 bridgehead atoms. The Balaban J connectivity index is 1.80. The van der Waals surface area contributed by atoms with Crippen LogP contribution in [-0.2, 0) is 16.1 Å². The first-order valence-corrected chi connectivity index (χ1v) is 9.36. The van der Waals surface area contributed by atoms with Gasteiger partial charge in [-0.15, -0.1) is 0 Å². The highest BCUT2D eigenvalue weighted by atomic mass is 19.1. The van der Waals surface area contributed by atoms with Crippen molar-refractivity contribution in [3.63, 3.8) is 0 Å². The summed E-state index contributed by atoms with van der Waals surface area (Å²) < 4.78 is 15.0. The second kappa shape index (κ2) is 7.98. The smallest absolute Gasteiger partial charge is 0.334 e. The molecular weight excluding hydrogens is 377 g/mol. The molecule has 1 aromatic heterocycles. The minimum atomic E-state index is -0.975. The minimum Gasteiger partial charge on any atom is -0.344 e. The normalized spacial score (nSPS) is 14.3. The van der Waals surface area contributed by atoms with Gasteiger partial charge in [-0.3, -0.25) is 19.3 Å². The Morgan fingerprint density at radius 1 is 1.00 bits per heavy atom. The van der Waals surface area contributed by atoms with Crippen LogP contribution in [0.3, 0.4) is 0 Å². The van der Waals surface area contributed by atoms with Gasteiger partial charge in [-0.25, -0.2) is 14.1 Å². The molecule has 1 fully saturated rings. The van der Waals surface area contributed by atoms with Crippen molar-refractivity contribution in [2.24, 2.45) is 0 Å². The van der Waals surface area contributed by atoms with Crippen LogP contribution < -0.4 is 0 Å². The molecule has 3 rings (SSSR count). The average Bonchev–Trinajstić information content (AvgIpc) is 3.08. The van der Waals surface area contributed by atoms with Gasteiger partial charge in [0.1, 0.15) is 5.82 Å². The Morgan fingerprint density at radius 2 is 1.62 bits per heavy atom. The number of Topliss-reactive ketones (excluding diaryl/α,β-unsaturated/α-hetero) is 1. The SMILES string of the molecule is CCCN1C(=O)C(=O)N(CC(=O)c2cc(C)n(Cc3ccc(F)cc3)c2C)C1=O. The molecule has 2 aromatic rings. The maximum atomic E-state index is 13.1. The molecule has 7 nitrogen and oxygen atoms in total. The van der Waals surface area contributed by atoms with E-state index in [2.05, 4.69) is 0 Å². The Hall–Kier alpha value is -3.29. The maximum absolute atomic E-state index is 13.1. The number of hydrogen-bond acceptors (Lipinski definition) is 4. The van der Waals surface area contributed by atoms with E-state index in [4.69, 9.17) is 0 Å². The molecule has 2 heterocycles. The third-order valence-corrected chi connectivity index (χ3v) is 5.01. The second-order valence-corrected chi connectivity index (χ2v) is 7.05. The minimum absolute atomic E-state index is 0.139. The Morgan fingerprint density at radius 3 is 2.24 bits per heavy atom. The lowest BCUT2D eigenvalue weighted by Crippen LogP contribution is -2.37. The standard InChI is InChI=1S/C21H22FN3O4/c1-4-9-23-19(27)20(28)25(21(23)29)12-18(26)17-10-13(2)24(14(17)3)11-15-5-7-16(22)8-6-15/h5-8,10H,4,9,11-12H2,1-3H3. The Bertz CT molecular complexity index is 994. The summed E-state index contributed by atoms with van der Waals surface area (Å²) in [5.74, 6) is -2.61. The number of rotatable bonds is 7. The molecule has 0 unspecified atom stereocenters. The van der Waals surface area contributed by atoms with Crippen molar-refractivity contribution in [1.29, 1.82) is 0 Å². The Kier molecular flexibility index (Phi) is 5.63. The van der Waals surface area contributed by atoms with Gasteiger partial charge in [0.25, 0.3) is 0 Å². The number of halogens is 1. The zero-order valence-corrected chi connectivity index (χ0v) is 16.6. The third kappa shape index (κ3) is 3.83. The van der Waals surface area contributed by atoms with Gasteiger partial charge in [-0.05, 0) is 44.0 Å². The highest BCUT2D eigenvalue weighted by Gasteiger charge is 2.44. The van der Waals surface area contributed by atoms with Gasteiger partial charge < -0.3 is 4.57 Å². The number of aryl methyl sites for hydroxylation is 1. The van der Waals surface area contributed by atoms with Crippen LogP contribution in [0, 0.1) is 19.7 Å². The number of imide groups is 2. The van der Waals surface area contributed by atoms with Crippen LogP contribution in [0.5, 0.6) is 0 Å². The van der Waals surface area contributed by atoms with E-state index in [0.29, 0.717) is 29.1 Å². The van der Waals surface area contributed by atoms with Crippen molar-refractivity contribution >= 4 is 23.6 Å². The summed E-state index contributed by atoms with van der Waals surface area (Å²) in [6, 6.07) is 7.03. The van der Waals surface area contributed by atoms with Crippen LogP contribution in [0.15, 0.2) is 30.3 Å². The van der Waals surface area contributed by atoms with E-state index in [9.17, 15) is 23.6 Å². The van der Waals surface area contributed by atoms with E-state index >= 15 is 0 Å². The van der Waals surface area contributed by atoms with Crippen LogP contribution in [-0.4, -0.2) is 51.1 Å². The predicted molar refractivity (Wildman–Crippen MR) is 103 cm³/mol. The van der Waals surface area contributed by atoms with Crippen molar-refractivity contribution in [2.75, 3.05) is 13.1 Å². The molecule has 0 spiro atoms. The molecule has 152 valence electrons. The average molecular weight is 399 g/mol. The van der Waals surface area contributed by atoms with E-state index in [-0.39, 0.29) is 12.4 Å². The van der Waals surface area contributed by atoms with Crippen LogP contribution in [0.1, 0.15) is 40.7 Å². The van der Waals surface area contributed by atoms with Crippen LogP contribution in [0.2, 0.25) is 0 Å². The summed E-state index contributed by atoms with van der Waals surface area (Å²) in [6.45, 7) is 5.51. The number of carbonyl (C=O) groups is 4. The number of benzene rings is 1. The second-order valence-electron chi connectivity index (χ2n) is 7.05. The molecule has 0 saturated carbocycles. The van der Waals surface area contributed by atoms with Gasteiger partial charge in [0.15, 0.2) is 5.78 Å². The lowest BCUT2D eigenvalue weighted by molar-refractivity contribution is -0.143. The van der Waals surface area contributed by atoms with Crippen LogP contribution >= 0.6 is 0 Å². The van der Waals surface area contributed by atoms with Crippen molar-refractivity contribution in [2.45, 2.75) is 33.7 Å². The molecule has 8 heteroatoms. The van der Waals surface area contributed by atoms with E-state index < -0.39 is 30.2 Å². The molecule has 0 aliphatic carbocycles. The molecule has 0 radical (unpaired) electrons. The zero-order chi connectivity index (χ0) is 21.3. The molecule has 29 heavy (non-hydrogen) atoms. The molecule has 1 aliphatic heterocycles. The van der Waals surface area contributed by atoms with Gasteiger partial charge >= 0.3 is 17.8 Å². The molecule has 0 N–H and O–H groups in total. The number of carbonyl (C=O) groups excluding carboxylic acids is 4. The first kappa shape index (κ1) is 20.4. The summed E-state index contributed by atoms with van der Waals surface area (Å²) in [6.07, 6.45) is 0.525. The van der Waals surface area contributed by atoms with Crippen molar-refractivity contribution < 1.29 is 23.6 Å². The fourth-order valence-corrected chi connectivity index (χ4v) is 3.44. The largest absolute Gasteiger partial charge is 0.344 e. The number of urea groups is 1. The summed E-state index contributed by atoms with van der Waals surface area (Å²) in [7, 11) is 0. The maximum Gasteiger partial charge on any atom is 0.334 e. The summed E-state index contributed by atoms with van der Waals surface area (Å²) in [5, 5.41) is 0. The Labute approximate surface area is 167 Å². The zero-order valence-electron chi connectivity index (χ0n) is 16.6. The fraction of sp³-hybridized carbons (Fsp3) is 0.333. The molecule has 1 saturated heterocycles. The molecule has 0 atom stereocenters. The summed E-state index contributed by atoms with van der Waals surface area (Å²) >= 11 is 0. The van der Waals surface area contributed by atoms with Gasteiger partial charge in [-0.2, -0.15) is 0 Å². The highest BCUT2D eigenvalue weighted by molar-refractivity contribution is 6.45. The summed E-state index contributed by atoms with van der Waals surface area (Å²) in [5.41, 5.74) is 2.75. The summed E-state index contributed by atoms with van der Waals surface area (Å²) in [4.78, 5) is 50.8. The van der Waals surface area contributed by atoms with Gasteiger partial charge in [0.2, 0.25) is 0 Å². The lowest BCUT2D eigenvalue weighted by Gasteiger charge is -2.14. The number of ketones is 1. The number of amides is 4. The predicted octanol–water partition coefficient (Wildman–Crippen LogP) is 2.68. The lowest BCUT2D eigenvalue weighted by atomic mass is 10.1.